The van der Waals surface area contributed by atoms with E-state index in [1.807, 2.05) is 0 Å². The number of nitrogens with zero attached hydrogens (tertiary/aromatic N) is 2. The summed E-state index contributed by atoms with van der Waals surface area (Å²) in [7, 11) is -4.16. The van der Waals surface area contributed by atoms with Crippen LogP contribution in [-0.4, -0.2) is 26.0 Å². The molecule has 9 heteroatoms. The Morgan fingerprint density at radius 2 is 1.97 bits per heavy atom. The van der Waals surface area contributed by atoms with Gasteiger partial charge in [-0.2, -0.15) is 0 Å². The first-order valence-corrected chi connectivity index (χ1v) is 10.4. The van der Waals surface area contributed by atoms with Crippen molar-refractivity contribution < 1.29 is 17.6 Å². The average Bonchev–Trinajstić information content (AvgIpc) is 2.66. The first kappa shape index (κ1) is 23.0. The maximum absolute atomic E-state index is 14.2. The second kappa shape index (κ2) is 9.45. The number of pyridine rings is 1. The van der Waals surface area contributed by atoms with Crippen molar-refractivity contribution in [2.24, 2.45) is 4.99 Å². The van der Waals surface area contributed by atoms with Gasteiger partial charge in [0.15, 0.2) is 0 Å². The summed E-state index contributed by atoms with van der Waals surface area (Å²) in [6.45, 7) is 9.84. The van der Waals surface area contributed by atoms with Crippen molar-refractivity contribution in [1.82, 2.24) is 10.3 Å². The van der Waals surface area contributed by atoms with Crippen molar-refractivity contribution >= 4 is 33.9 Å². The molecule has 0 radical (unpaired) electrons. The van der Waals surface area contributed by atoms with Gasteiger partial charge in [-0.1, -0.05) is 12.1 Å². The minimum absolute atomic E-state index is 0.202. The number of aryl methyl sites for hydroxylation is 2. The largest absolute Gasteiger partial charge is 0.311 e. The summed E-state index contributed by atoms with van der Waals surface area (Å²) in [6.07, 6.45) is 4.88. The summed E-state index contributed by atoms with van der Waals surface area (Å²) in [6, 6.07) is 5.47. The van der Waals surface area contributed by atoms with Crippen LogP contribution in [0.2, 0.25) is 0 Å². The standard InChI is InChI=1S/C21H23FN4O3S/c1-6-16(11-21(23-5)25-15(4)27)17-10-19(14(3)24-12-17)26-30(28,29)20-8-7-13(2)9-18(20)22/h6-12,26H,5H2,1-4H3,(H,25,27)/b16-6+,21-11+. The molecule has 0 bridgehead atoms. The molecule has 7 nitrogen and oxygen atoms in total. The molecule has 0 unspecified atom stereocenters. The molecule has 1 aromatic carbocycles. The van der Waals surface area contributed by atoms with Crippen molar-refractivity contribution in [2.75, 3.05) is 4.72 Å². The van der Waals surface area contributed by atoms with Crippen LogP contribution in [0.3, 0.4) is 0 Å². The molecular weight excluding hydrogens is 407 g/mol. The van der Waals surface area contributed by atoms with Gasteiger partial charge in [-0.05, 0) is 62.9 Å². The maximum atomic E-state index is 14.2. The van der Waals surface area contributed by atoms with E-state index in [1.165, 1.54) is 19.1 Å². The van der Waals surface area contributed by atoms with E-state index in [-0.39, 0.29) is 17.4 Å². The van der Waals surface area contributed by atoms with Gasteiger partial charge in [0.2, 0.25) is 5.91 Å². The number of aromatic nitrogens is 1. The molecule has 0 aliphatic carbocycles. The summed E-state index contributed by atoms with van der Waals surface area (Å²) in [4.78, 5) is 18.8. The molecule has 2 rings (SSSR count). The Labute approximate surface area is 175 Å². The molecule has 0 aliphatic rings. The molecular formula is C21H23FN4O3S. The fraction of sp³-hybridized carbons (Fsp3) is 0.190. The van der Waals surface area contributed by atoms with Crippen molar-refractivity contribution in [2.45, 2.75) is 32.6 Å². The Hall–Kier alpha value is -3.33. The van der Waals surface area contributed by atoms with Gasteiger partial charge >= 0.3 is 0 Å². The van der Waals surface area contributed by atoms with Crippen LogP contribution in [0.4, 0.5) is 10.1 Å². The molecule has 0 spiro atoms. The third-order valence-corrected chi connectivity index (χ3v) is 5.52. The molecule has 1 amide bonds. The van der Waals surface area contributed by atoms with Gasteiger partial charge in [-0.3, -0.25) is 14.5 Å². The predicted molar refractivity (Wildman–Crippen MR) is 116 cm³/mol. The number of halogens is 1. The maximum Gasteiger partial charge on any atom is 0.264 e. The Kier molecular flexibility index (Phi) is 7.23. The van der Waals surface area contributed by atoms with Crippen LogP contribution < -0.4 is 10.0 Å². The lowest BCUT2D eigenvalue weighted by Crippen LogP contribution is -2.18. The first-order chi connectivity index (χ1) is 14.1. The van der Waals surface area contributed by atoms with Crippen molar-refractivity contribution in [3.05, 3.63) is 71.1 Å². The lowest BCUT2D eigenvalue weighted by atomic mass is 10.1. The van der Waals surface area contributed by atoms with Crippen LogP contribution >= 0.6 is 0 Å². The van der Waals surface area contributed by atoms with Crippen LogP contribution in [0, 0.1) is 19.7 Å². The SMILES string of the molecule is C=N/C(=C\C(=C/C)c1cnc(C)c(NS(=O)(=O)c2ccc(C)cc2F)c1)NC(C)=O. The Balaban J connectivity index is 2.44. The van der Waals surface area contributed by atoms with Crippen LogP contribution in [0.1, 0.15) is 30.7 Å². The molecule has 1 heterocycles. The van der Waals surface area contributed by atoms with Gasteiger partial charge in [-0.25, -0.2) is 17.8 Å². The smallest absolute Gasteiger partial charge is 0.264 e. The van der Waals surface area contributed by atoms with E-state index in [2.05, 4.69) is 26.7 Å². The monoisotopic (exact) mass is 430 g/mol. The fourth-order valence-corrected chi connectivity index (χ4v) is 3.77. The lowest BCUT2D eigenvalue weighted by molar-refractivity contribution is -0.118. The summed E-state index contributed by atoms with van der Waals surface area (Å²) in [5.41, 5.74) is 2.42. The number of nitrogens with one attached hydrogen (secondary N) is 2. The number of carbonyl (C=O) groups excluding carboxylic acids is 1. The van der Waals surface area contributed by atoms with Crippen LogP contribution in [0.25, 0.3) is 5.57 Å². The summed E-state index contributed by atoms with van der Waals surface area (Å²) in [5, 5.41) is 2.54. The Morgan fingerprint density at radius 1 is 1.27 bits per heavy atom. The highest BCUT2D eigenvalue weighted by atomic mass is 32.2. The van der Waals surface area contributed by atoms with E-state index in [1.54, 1.807) is 45.2 Å². The van der Waals surface area contributed by atoms with E-state index in [0.717, 1.165) is 6.07 Å². The number of anilines is 1. The van der Waals surface area contributed by atoms with Crippen molar-refractivity contribution in [3.8, 4) is 0 Å². The molecule has 1 aromatic heterocycles. The molecule has 0 saturated heterocycles. The fourth-order valence-electron chi connectivity index (χ4n) is 2.60. The number of rotatable bonds is 7. The minimum Gasteiger partial charge on any atom is -0.311 e. The minimum atomic E-state index is -4.16. The highest BCUT2D eigenvalue weighted by Crippen LogP contribution is 2.25. The van der Waals surface area contributed by atoms with Gasteiger partial charge in [0.1, 0.15) is 16.5 Å². The van der Waals surface area contributed by atoms with E-state index < -0.39 is 20.7 Å². The molecule has 30 heavy (non-hydrogen) atoms. The number of amides is 1. The second-order valence-corrected chi connectivity index (χ2v) is 8.16. The van der Waals surface area contributed by atoms with Gasteiger partial charge in [0, 0.05) is 18.7 Å². The average molecular weight is 431 g/mol. The predicted octanol–water partition coefficient (Wildman–Crippen LogP) is 3.72. The third kappa shape index (κ3) is 5.60. The van der Waals surface area contributed by atoms with Gasteiger partial charge in [-0.15, -0.1) is 0 Å². The number of hydrogen-bond acceptors (Lipinski definition) is 5. The van der Waals surface area contributed by atoms with Crippen LogP contribution in [0.5, 0.6) is 0 Å². The van der Waals surface area contributed by atoms with E-state index in [0.29, 0.717) is 22.4 Å². The first-order valence-electron chi connectivity index (χ1n) is 8.95. The number of allylic oxidation sites excluding steroid dienone is 3. The zero-order chi connectivity index (χ0) is 22.5. The summed E-state index contributed by atoms with van der Waals surface area (Å²) >= 11 is 0. The second-order valence-electron chi connectivity index (χ2n) is 6.51. The molecule has 0 fully saturated rings. The van der Waals surface area contributed by atoms with Gasteiger partial charge < -0.3 is 5.32 Å². The van der Waals surface area contributed by atoms with Crippen LogP contribution in [-0.2, 0) is 14.8 Å². The number of benzene rings is 1. The zero-order valence-electron chi connectivity index (χ0n) is 17.2. The molecule has 0 atom stereocenters. The molecule has 158 valence electrons. The van der Waals surface area contributed by atoms with Gasteiger partial charge in [0.05, 0.1) is 11.4 Å². The third-order valence-electron chi connectivity index (χ3n) is 4.12. The Bertz CT molecular complexity index is 1150. The molecule has 0 saturated carbocycles. The van der Waals surface area contributed by atoms with E-state index in [9.17, 15) is 17.6 Å². The number of aliphatic imine (C=N–C) groups is 1. The summed E-state index contributed by atoms with van der Waals surface area (Å²) < 4.78 is 42.0. The van der Waals surface area contributed by atoms with E-state index >= 15 is 0 Å². The Morgan fingerprint density at radius 3 is 2.53 bits per heavy atom. The highest BCUT2D eigenvalue weighted by Gasteiger charge is 2.20. The summed E-state index contributed by atoms with van der Waals surface area (Å²) in [5.74, 6) is -0.905. The molecule has 0 aliphatic heterocycles. The molecule has 2 aromatic rings. The number of sulfonamides is 1. The van der Waals surface area contributed by atoms with Crippen LogP contribution in [0.15, 0.2) is 58.3 Å². The topological polar surface area (TPSA) is 101 Å². The highest BCUT2D eigenvalue weighted by molar-refractivity contribution is 7.92. The number of hydrogen-bond donors (Lipinski definition) is 2. The van der Waals surface area contributed by atoms with Crippen molar-refractivity contribution in [3.63, 3.8) is 0 Å². The number of carbonyl (C=O) groups is 1. The van der Waals surface area contributed by atoms with E-state index in [4.69, 9.17) is 0 Å². The van der Waals surface area contributed by atoms with Gasteiger partial charge in [0.25, 0.3) is 10.0 Å². The quantitative estimate of drug-likeness (QED) is 0.516. The lowest BCUT2D eigenvalue weighted by Gasteiger charge is -2.13. The zero-order valence-corrected chi connectivity index (χ0v) is 18.0. The van der Waals surface area contributed by atoms with Crippen molar-refractivity contribution in [1.29, 1.82) is 0 Å². The normalized spacial score (nSPS) is 12.4. The molecule has 2 N–H and O–H groups in total.